The lowest BCUT2D eigenvalue weighted by atomic mass is 10.1. The zero-order valence-electron chi connectivity index (χ0n) is 11.4. The predicted molar refractivity (Wildman–Crippen MR) is 77.5 cm³/mol. The lowest BCUT2D eigenvalue weighted by Gasteiger charge is -2.10. The van der Waals surface area contributed by atoms with E-state index in [1.54, 1.807) is 0 Å². The molecule has 0 fully saturated rings. The highest BCUT2D eigenvalue weighted by Crippen LogP contribution is 2.39. The predicted octanol–water partition coefficient (Wildman–Crippen LogP) is 4.04. The molecule has 0 amide bonds. The Hall–Kier alpha value is -1.44. The first-order valence-corrected chi connectivity index (χ1v) is 6.95. The Morgan fingerprint density at radius 3 is 2.55 bits per heavy atom. The zero-order valence-corrected chi connectivity index (χ0v) is 12.9. The minimum atomic E-state index is -4.59. The van der Waals surface area contributed by atoms with Crippen molar-refractivity contribution in [2.24, 2.45) is 12.8 Å². The molecule has 1 aromatic heterocycles. The quantitative estimate of drug-likeness (QED) is 0.902. The highest BCUT2D eigenvalue weighted by atomic mass is 35.5. The van der Waals surface area contributed by atoms with Gasteiger partial charge in [0.05, 0.1) is 5.02 Å². The van der Waals surface area contributed by atoms with E-state index in [0.717, 1.165) is 4.68 Å². The van der Waals surface area contributed by atoms with E-state index in [4.69, 9.17) is 33.7 Å². The molecule has 0 atom stereocenters. The molecular weight excluding hydrogens is 342 g/mol. The number of rotatable bonds is 4. The second kappa shape index (κ2) is 6.36. The van der Waals surface area contributed by atoms with Crippen LogP contribution in [0.1, 0.15) is 11.3 Å². The zero-order chi connectivity index (χ0) is 16.5. The summed E-state index contributed by atoms with van der Waals surface area (Å²) >= 11 is 11.7. The van der Waals surface area contributed by atoms with Gasteiger partial charge in [-0.2, -0.15) is 18.3 Å². The average Bonchev–Trinajstić information content (AvgIpc) is 2.71. The van der Waals surface area contributed by atoms with Crippen LogP contribution >= 0.6 is 23.2 Å². The molecule has 0 aliphatic carbocycles. The number of hydrogen-bond acceptors (Lipinski definition) is 3. The van der Waals surface area contributed by atoms with Crippen molar-refractivity contribution >= 4 is 23.2 Å². The van der Waals surface area contributed by atoms with E-state index in [-0.39, 0.29) is 35.2 Å². The number of aromatic nitrogens is 2. The first-order chi connectivity index (χ1) is 10.2. The van der Waals surface area contributed by atoms with Gasteiger partial charge in [-0.15, -0.1) is 0 Å². The molecule has 22 heavy (non-hydrogen) atoms. The van der Waals surface area contributed by atoms with E-state index < -0.39 is 11.9 Å². The SMILES string of the molecule is Cn1nc(C(F)(F)F)c(CCN)c1Oc1ccc(Cl)cc1Cl. The highest BCUT2D eigenvalue weighted by Gasteiger charge is 2.39. The third kappa shape index (κ3) is 3.48. The Morgan fingerprint density at radius 2 is 2.00 bits per heavy atom. The van der Waals surface area contributed by atoms with Gasteiger partial charge in [-0.3, -0.25) is 0 Å². The topological polar surface area (TPSA) is 53.1 Å². The van der Waals surface area contributed by atoms with Crippen LogP contribution in [0.4, 0.5) is 13.2 Å². The molecule has 0 radical (unpaired) electrons. The Kier molecular flexibility index (Phi) is 4.89. The van der Waals surface area contributed by atoms with E-state index >= 15 is 0 Å². The molecule has 2 rings (SSSR count). The largest absolute Gasteiger partial charge is 0.437 e. The maximum atomic E-state index is 13.0. The van der Waals surface area contributed by atoms with Gasteiger partial charge >= 0.3 is 6.18 Å². The fourth-order valence-corrected chi connectivity index (χ4v) is 2.39. The third-order valence-electron chi connectivity index (χ3n) is 2.85. The molecule has 0 aliphatic rings. The van der Waals surface area contributed by atoms with Gasteiger partial charge in [-0.1, -0.05) is 23.2 Å². The summed E-state index contributed by atoms with van der Waals surface area (Å²) in [6.45, 7) is 0.0273. The number of halogens is 5. The van der Waals surface area contributed by atoms with E-state index in [9.17, 15) is 13.2 Å². The van der Waals surface area contributed by atoms with Crippen LogP contribution in [0.25, 0.3) is 0 Å². The summed E-state index contributed by atoms with van der Waals surface area (Å²) in [5, 5.41) is 4.06. The molecule has 2 aromatic rings. The van der Waals surface area contributed by atoms with Crippen molar-refractivity contribution in [3.63, 3.8) is 0 Å². The van der Waals surface area contributed by atoms with Crippen LogP contribution in [0.2, 0.25) is 10.0 Å². The summed E-state index contributed by atoms with van der Waals surface area (Å²) in [7, 11) is 1.36. The van der Waals surface area contributed by atoms with Gasteiger partial charge in [-0.05, 0) is 31.2 Å². The molecule has 1 aromatic carbocycles. The van der Waals surface area contributed by atoms with Crippen LogP contribution < -0.4 is 10.5 Å². The Balaban J connectivity index is 2.48. The summed E-state index contributed by atoms with van der Waals surface area (Å²) in [4.78, 5) is 0. The fraction of sp³-hybridized carbons (Fsp3) is 0.308. The maximum Gasteiger partial charge on any atom is 0.435 e. The Bertz CT molecular complexity index is 686. The van der Waals surface area contributed by atoms with Gasteiger partial charge < -0.3 is 10.5 Å². The van der Waals surface area contributed by atoms with Crippen molar-refractivity contribution in [3.8, 4) is 11.6 Å². The van der Waals surface area contributed by atoms with Crippen molar-refractivity contribution < 1.29 is 17.9 Å². The van der Waals surface area contributed by atoms with Crippen LogP contribution in [0.5, 0.6) is 11.6 Å². The molecule has 0 aliphatic heterocycles. The number of hydrogen-bond donors (Lipinski definition) is 1. The van der Waals surface area contributed by atoms with E-state index in [1.807, 2.05) is 0 Å². The lowest BCUT2D eigenvalue weighted by molar-refractivity contribution is -0.142. The number of nitrogens with zero attached hydrogens (tertiary/aromatic N) is 2. The number of benzene rings is 1. The normalized spacial score (nSPS) is 11.8. The first kappa shape index (κ1) is 16.9. The van der Waals surface area contributed by atoms with Crippen LogP contribution in [0.3, 0.4) is 0 Å². The first-order valence-electron chi connectivity index (χ1n) is 6.20. The van der Waals surface area contributed by atoms with Gasteiger partial charge in [0.2, 0.25) is 5.88 Å². The number of nitrogens with two attached hydrogens (primary N) is 1. The van der Waals surface area contributed by atoms with Crippen LogP contribution in [0.15, 0.2) is 18.2 Å². The Morgan fingerprint density at radius 1 is 1.32 bits per heavy atom. The van der Waals surface area contributed by atoms with Gasteiger partial charge in [-0.25, -0.2) is 4.68 Å². The number of alkyl halides is 3. The lowest BCUT2D eigenvalue weighted by Crippen LogP contribution is -2.12. The van der Waals surface area contributed by atoms with E-state index in [1.165, 1.54) is 25.2 Å². The highest BCUT2D eigenvalue weighted by molar-refractivity contribution is 6.35. The van der Waals surface area contributed by atoms with Crippen molar-refractivity contribution in [2.45, 2.75) is 12.6 Å². The van der Waals surface area contributed by atoms with Crippen molar-refractivity contribution in [3.05, 3.63) is 39.5 Å². The van der Waals surface area contributed by atoms with Crippen LogP contribution in [0, 0.1) is 0 Å². The number of ether oxygens (including phenoxy) is 1. The molecule has 0 unspecified atom stereocenters. The van der Waals surface area contributed by atoms with Gasteiger partial charge in [0.25, 0.3) is 0 Å². The Labute approximate surface area is 134 Å². The summed E-state index contributed by atoms with van der Waals surface area (Å²) in [6.07, 6.45) is -4.61. The smallest absolute Gasteiger partial charge is 0.435 e. The van der Waals surface area contributed by atoms with Gasteiger partial charge in [0.15, 0.2) is 5.69 Å². The number of aryl methyl sites for hydroxylation is 1. The minimum Gasteiger partial charge on any atom is -0.437 e. The van der Waals surface area contributed by atoms with Crippen molar-refractivity contribution in [1.29, 1.82) is 0 Å². The molecule has 0 saturated heterocycles. The molecule has 2 N–H and O–H groups in total. The maximum absolute atomic E-state index is 13.0. The second-order valence-electron chi connectivity index (χ2n) is 4.47. The standard InChI is InChI=1S/C13H12Cl2F3N3O/c1-21-12(22-10-3-2-7(14)6-9(10)15)8(4-5-19)11(20-21)13(16,17)18/h2-3,6H,4-5,19H2,1H3. The molecule has 0 bridgehead atoms. The van der Waals surface area contributed by atoms with Crippen molar-refractivity contribution in [2.75, 3.05) is 6.54 Å². The van der Waals surface area contributed by atoms with E-state index in [2.05, 4.69) is 5.10 Å². The molecule has 120 valence electrons. The molecule has 0 spiro atoms. The monoisotopic (exact) mass is 353 g/mol. The molecular formula is C13H12Cl2F3N3O. The molecule has 0 saturated carbocycles. The summed E-state index contributed by atoms with van der Waals surface area (Å²) < 4.78 is 45.6. The second-order valence-corrected chi connectivity index (χ2v) is 5.31. The minimum absolute atomic E-state index is 0.0246. The van der Waals surface area contributed by atoms with Gasteiger partial charge in [0.1, 0.15) is 5.75 Å². The molecule has 1 heterocycles. The fourth-order valence-electron chi connectivity index (χ4n) is 1.94. The van der Waals surface area contributed by atoms with E-state index in [0.29, 0.717) is 5.02 Å². The van der Waals surface area contributed by atoms with Crippen LogP contribution in [-0.2, 0) is 19.6 Å². The molecule has 4 nitrogen and oxygen atoms in total. The third-order valence-corrected chi connectivity index (χ3v) is 3.38. The average molecular weight is 354 g/mol. The summed E-state index contributed by atoms with van der Waals surface area (Å²) in [5.74, 6) is 0.128. The van der Waals surface area contributed by atoms with Crippen molar-refractivity contribution in [1.82, 2.24) is 9.78 Å². The summed E-state index contributed by atoms with van der Waals surface area (Å²) in [5.41, 5.74) is 4.27. The van der Waals surface area contributed by atoms with Gasteiger partial charge in [0, 0.05) is 17.6 Å². The summed E-state index contributed by atoms with van der Waals surface area (Å²) in [6, 6.07) is 4.42. The molecule has 9 heteroatoms. The van der Waals surface area contributed by atoms with Crippen LogP contribution in [-0.4, -0.2) is 16.3 Å².